The first-order valence-electron chi connectivity index (χ1n) is 8.62. The Balaban J connectivity index is 1.63. The van der Waals surface area contributed by atoms with Crippen molar-refractivity contribution in [2.24, 2.45) is 0 Å². The van der Waals surface area contributed by atoms with Crippen LogP contribution in [0.1, 0.15) is 20.8 Å². The first-order chi connectivity index (χ1) is 12.9. The average Bonchev–Trinajstić information content (AvgIpc) is 2.99. The molecule has 6 nitrogen and oxygen atoms in total. The molecule has 0 aliphatic rings. The molecule has 2 N–H and O–H groups in total. The van der Waals surface area contributed by atoms with Crippen LogP contribution in [0.15, 0.2) is 30.3 Å². The van der Waals surface area contributed by atoms with Crippen LogP contribution in [-0.2, 0) is 6.54 Å². The van der Waals surface area contributed by atoms with Crippen molar-refractivity contribution in [3.05, 3.63) is 51.6 Å². The Kier molecular flexibility index (Phi) is 6.26. The summed E-state index contributed by atoms with van der Waals surface area (Å²) in [5, 5.41) is 7.43. The molecule has 0 spiro atoms. The molecule has 2 heterocycles. The predicted octanol–water partition coefficient (Wildman–Crippen LogP) is 3.56. The van der Waals surface area contributed by atoms with E-state index in [1.54, 1.807) is 11.3 Å². The number of halogens is 1. The summed E-state index contributed by atoms with van der Waals surface area (Å²) in [6.07, 6.45) is 0. The largest absolute Gasteiger partial charge is 0.365 e. The van der Waals surface area contributed by atoms with Gasteiger partial charge in [-0.1, -0.05) is 12.1 Å². The van der Waals surface area contributed by atoms with Crippen molar-refractivity contribution in [1.29, 1.82) is 0 Å². The molecule has 3 rings (SSSR count). The normalized spacial score (nSPS) is 11.1. The number of carbonyl (C=O) groups excluding carboxylic acids is 1. The van der Waals surface area contributed by atoms with Crippen LogP contribution in [0.3, 0.4) is 0 Å². The monoisotopic (exact) mass is 403 g/mol. The third-order valence-electron chi connectivity index (χ3n) is 4.01. The van der Waals surface area contributed by atoms with Crippen molar-refractivity contribution < 1.29 is 4.79 Å². The SMILES string of the molecule is Cc1cc2c(NCc3ccc(C(=O)NCCN(C)C)cc3)nc(Cl)nc2s1. The van der Waals surface area contributed by atoms with Gasteiger partial charge < -0.3 is 15.5 Å². The number of thiophene rings is 1. The van der Waals surface area contributed by atoms with E-state index < -0.39 is 0 Å². The van der Waals surface area contributed by atoms with Gasteiger partial charge in [-0.2, -0.15) is 0 Å². The number of hydrogen-bond donors (Lipinski definition) is 2. The quantitative estimate of drug-likeness (QED) is 0.590. The Morgan fingerprint density at radius 2 is 1.96 bits per heavy atom. The fourth-order valence-electron chi connectivity index (χ4n) is 2.61. The number of aryl methyl sites for hydroxylation is 1. The Morgan fingerprint density at radius 3 is 2.67 bits per heavy atom. The number of carbonyl (C=O) groups is 1. The summed E-state index contributed by atoms with van der Waals surface area (Å²) in [4.78, 5) is 24.8. The summed E-state index contributed by atoms with van der Waals surface area (Å²) < 4.78 is 0. The number of likely N-dealkylation sites (N-methyl/N-ethyl adjacent to an activating group) is 1. The van der Waals surface area contributed by atoms with E-state index in [0.29, 0.717) is 18.7 Å². The number of benzene rings is 1. The standard InChI is InChI=1S/C19H22ClN5OS/c1-12-10-15-16(23-19(20)24-18(15)27-12)22-11-13-4-6-14(7-5-13)17(26)21-8-9-25(2)3/h4-7,10H,8-9,11H2,1-3H3,(H,21,26)(H,22,23,24). The van der Waals surface area contributed by atoms with Crippen LogP contribution in [0.2, 0.25) is 5.28 Å². The van der Waals surface area contributed by atoms with Gasteiger partial charge in [0.25, 0.3) is 5.91 Å². The average molecular weight is 404 g/mol. The van der Waals surface area contributed by atoms with Gasteiger partial charge in [-0.3, -0.25) is 4.79 Å². The highest BCUT2D eigenvalue weighted by atomic mass is 35.5. The molecule has 27 heavy (non-hydrogen) atoms. The van der Waals surface area contributed by atoms with Crippen molar-refractivity contribution in [3.63, 3.8) is 0 Å². The number of aromatic nitrogens is 2. The van der Waals surface area contributed by atoms with E-state index in [9.17, 15) is 4.79 Å². The molecular formula is C19H22ClN5OS. The fraction of sp³-hybridized carbons (Fsp3) is 0.316. The molecule has 0 saturated carbocycles. The molecule has 1 amide bonds. The van der Waals surface area contributed by atoms with Gasteiger partial charge in [0.15, 0.2) is 0 Å². The number of rotatable bonds is 7. The van der Waals surface area contributed by atoms with Gasteiger partial charge in [0.1, 0.15) is 10.6 Å². The van der Waals surface area contributed by atoms with Crippen molar-refractivity contribution in [2.45, 2.75) is 13.5 Å². The molecule has 0 saturated heterocycles. The number of nitrogens with one attached hydrogen (secondary N) is 2. The summed E-state index contributed by atoms with van der Waals surface area (Å²) in [6, 6.07) is 9.60. The molecule has 8 heteroatoms. The third kappa shape index (κ3) is 5.15. The molecule has 1 aromatic carbocycles. The smallest absolute Gasteiger partial charge is 0.251 e. The lowest BCUT2D eigenvalue weighted by Crippen LogP contribution is -2.31. The van der Waals surface area contributed by atoms with Crippen LogP contribution in [-0.4, -0.2) is 48.0 Å². The molecule has 0 radical (unpaired) electrons. The highest BCUT2D eigenvalue weighted by molar-refractivity contribution is 7.18. The van der Waals surface area contributed by atoms with Gasteiger partial charge >= 0.3 is 0 Å². The number of fused-ring (bicyclic) bond motifs is 1. The summed E-state index contributed by atoms with van der Waals surface area (Å²) in [7, 11) is 3.95. The lowest BCUT2D eigenvalue weighted by atomic mass is 10.1. The topological polar surface area (TPSA) is 70.2 Å². The summed E-state index contributed by atoms with van der Waals surface area (Å²) in [6.45, 7) is 4.05. The number of amides is 1. The van der Waals surface area contributed by atoms with Crippen LogP contribution in [0, 0.1) is 6.92 Å². The minimum absolute atomic E-state index is 0.0607. The third-order valence-corrected chi connectivity index (χ3v) is 5.12. The van der Waals surface area contributed by atoms with Crippen molar-refractivity contribution in [1.82, 2.24) is 20.2 Å². The van der Waals surface area contributed by atoms with Gasteiger partial charge in [-0.15, -0.1) is 11.3 Å². The lowest BCUT2D eigenvalue weighted by Gasteiger charge is -2.11. The molecule has 2 aromatic heterocycles. The summed E-state index contributed by atoms with van der Waals surface area (Å²) in [5.41, 5.74) is 1.70. The second-order valence-electron chi connectivity index (χ2n) is 6.53. The molecular weight excluding hydrogens is 382 g/mol. The summed E-state index contributed by atoms with van der Waals surface area (Å²) >= 11 is 7.62. The van der Waals surface area contributed by atoms with Gasteiger partial charge in [-0.05, 0) is 56.4 Å². The van der Waals surface area contributed by atoms with Gasteiger partial charge in [0.05, 0.1) is 5.39 Å². The zero-order valence-corrected chi connectivity index (χ0v) is 17.1. The number of anilines is 1. The maximum absolute atomic E-state index is 12.1. The predicted molar refractivity (Wildman–Crippen MR) is 112 cm³/mol. The number of nitrogens with zero attached hydrogens (tertiary/aromatic N) is 3. The van der Waals surface area contributed by atoms with Crippen molar-refractivity contribution >= 4 is 44.9 Å². The van der Waals surface area contributed by atoms with E-state index in [1.807, 2.05) is 50.2 Å². The van der Waals surface area contributed by atoms with Crippen LogP contribution >= 0.6 is 22.9 Å². The van der Waals surface area contributed by atoms with E-state index in [2.05, 4.69) is 26.7 Å². The second-order valence-corrected chi connectivity index (χ2v) is 8.10. The molecule has 142 valence electrons. The highest BCUT2D eigenvalue weighted by Gasteiger charge is 2.10. The van der Waals surface area contributed by atoms with Gasteiger partial charge in [0.2, 0.25) is 5.28 Å². The zero-order valence-electron chi connectivity index (χ0n) is 15.5. The van der Waals surface area contributed by atoms with E-state index in [0.717, 1.165) is 33.0 Å². The van der Waals surface area contributed by atoms with Crippen LogP contribution in [0.4, 0.5) is 5.82 Å². The van der Waals surface area contributed by atoms with Gasteiger partial charge in [0, 0.05) is 30.1 Å². The Labute approximate surface area is 167 Å². The minimum atomic E-state index is -0.0607. The second kappa shape index (κ2) is 8.65. The lowest BCUT2D eigenvalue weighted by molar-refractivity contribution is 0.0951. The highest BCUT2D eigenvalue weighted by Crippen LogP contribution is 2.29. The molecule has 3 aromatic rings. The molecule has 0 fully saturated rings. The molecule has 0 unspecified atom stereocenters. The molecule has 0 aliphatic carbocycles. The van der Waals surface area contributed by atoms with Crippen LogP contribution in [0.5, 0.6) is 0 Å². The zero-order chi connectivity index (χ0) is 19.4. The van der Waals surface area contributed by atoms with E-state index in [-0.39, 0.29) is 11.2 Å². The maximum atomic E-state index is 12.1. The minimum Gasteiger partial charge on any atom is -0.365 e. The van der Waals surface area contributed by atoms with Crippen molar-refractivity contribution in [3.8, 4) is 0 Å². The van der Waals surface area contributed by atoms with E-state index >= 15 is 0 Å². The van der Waals surface area contributed by atoms with Gasteiger partial charge in [-0.25, -0.2) is 9.97 Å². The maximum Gasteiger partial charge on any atom is 0.251 e. The van der Waals surface area contributed by atoms with E-state index in [1.165, 1.54) is 0 Å². The first kappa shape index (κ1) is 19.5. The van der Waals surface area contributed by atoms with E-state index in [4.69, 9.17) is 11.6 Å². The number of hydrogen-bond acceptors (Lipinski definition) is 6. The Morgan fingerprint density at radius 1 is 1.22 bits per heavy atom. The molecule has 0 bridgehead atoms. The molecule has 0 atom stereocenters. The van der Waals surface area contributed by atoms with Crippen LogP contribution < -0.4 is 10.6 Å². The fourth-order valence-corrected chi connectivity index (χ4v) is 3.70. The Hall–Kier alpha value is -2.22. The summed E-state index contributed by atoms with van der Waals surface area (Å²) in [5.74, 6) is 0.661. The first-order valence-corrected chi connectivity index (χ1v) is 9.81. The van der Waals surface area contributed by atoms with Crippen molar-refractivity contribution in [2.75, 3.05) is 32.5 Å². The van der Waals surface area contributed by atoms with Crippen LogP contribution in [0.25, 0.3) is 10.2 Å². The molecule has 0 aliphatic heterocycles. The Bertz CT molecular complexity index is 939.